The zero-order chi connectivity index (χ0) is 55.8. The largest absolute Gasteiger partial charge is 0.497 e. The molecule has 0 radical (unpaired) electrons. The van der Waals surface area contributed by atoms with Crippen molar-refractivity contribution >= 4 is 55.9 Å². The molecule has 79 heavy (non-hydrogen) atoms. The van der Waals surface area contributed by atoms with E-state index >= 15 is 12.6 Å². The summed E-state index contributed by atoms with van der Waals surface area (Å²) >= 11 is 0. The predicted octanol–water partition coefficient (Wildman–Crippen LogP) is 7.22. The molecule has 0 saturated carbocycles. The Hall–Kier alpha value is -8.51. The van der Waals surface area contributed by atoms with Gasteiger partial charge in [-0.15, -0.1) is 5.10 Å². The van der Waals surface area contributed by atoms with Crippen LogP contribution >= 0.6 is 0 Å². The number of methoxy groups -OCH3 is 3. The molecule has 2 aliphatic rings. The van der Waals surface area contributed by atoms with E-state index in [1.807, 2.05) is 12.1 Å². The normalized spacial score (nSPS) is 15.9. The topological polar surface area (TPSA) is 259 Å². The van der Waals surface area contributed by atoms with E-state index in [4.69, 9.17) is 24.7 Å². The average Bonchev–Trinajstić information content (AvgIpc) is 4.39. The number of imide groups is 1. The maximum absolute atomic E-state index is 16.6. The van der Waals surface area contributed by atoms with Crippen LogP contribution in [0.15, 0.2) is 137 Å². The van der Waals surface area contributed by atoms with Crippen molar-refractivity contribution in [3.05, 3.63) is 155 Å². The van der Waals surface area contributed by atoms with Gasteiger partial charge in [-0.2, -0.15) is 4.31 Å². The quantitative estimate of drug-likeness (QED) is 0.0717. The van der Waals surface area contributed by atoms with E-state index in [2.05, 4.69) is 30.2 Å². The van der Waals surface area contributed by atoms with Crippen LogP contribution in [0.4, 0.5) is 10.7 Å². The van der Waals surface area contributed by atoms with Gasteiger partial charge in [0.05, 0.1) is 66.5 Å². The van der Waals surface area contributed by atoms with Gasteiger partial charge in [0, 0.05) is 37.8 Å². The van der Waals surface area contributed by atoms with Gasteiger partial charge in [-0.25, -0.2) is 31.8 Å². The SMILES string of the molecule is COc1ccc(CN(Cc2ccc(OC)cc2)S(=O)(=O)c2c(S(=O)N[C@@H]3C[C@@H](CN4C(=O)c5ccccc5C4=O)N(C(=O)OC(C)(C)C)C3)ccc(-c3cccc4[nH]c(N)nc34)c2-c2nnnn2Cc2ccc(OC)cc2)cc1. The first kappa shape index (κ1) is 53.9. The number of imidazole rings is 1. The molecule has 1 fully saturated rings. The number of aromatic amines is 1. The number of hydrogen-bond donors (Lipinski definition) is 3. The monoisotopic (exact) mass is 1110 g/mol. The fourth-order valence-electron chi connectivity index (χ4n) is 9.85. The number of amides is 3. The zero-order valence-electron chi connectivity index (χ0n) is 44.1. The van der Waals surface area contributed by atoms with Gasteiger partial charge in [0.25, 0.3) is 11.8 Å². The fraction of sp³-hybridized carbons (Fsp3) is 0.268. The molecule has 408 valence electrons. The molecule has 6 aromatic carbocycles. The number of aromatic nitrogens is 6. The summed E-state index contributed by atoms with van der Waals surface area (Å²) in [5.74, 6) is 0.846. The highest BCUT2D eigenvalue weighted by Gasteiger charge is 2.44. The number of ether oxygens (including phenoxy) is 4. The summed E-state index contributed by atoms with van der Waals surface area (Å²) in [4.78, 5) is 51.1. The van der Waals surface area contributed by atoms with Gasteiger partial charge in [-0.05, 0) is 121 Å². The molecule has 0 spiro atoms. The Balaban J connectivity index is 1.14. The van der Waals surface area contributed by atoms with Crippen LogP contribution in [-0.4, -0.2) is 127 Å². The van der Waals surface area contributed by atoms with Crippen LogP contribution in [0.3, 0.4) is 0 Å². The second kappa shape index (κ2) is 22.1. The van der Waals surface area contributed by atoms with Crippen molar-refractivity contribution < 1.29 is 46.0 Å². The number of benzene rings is 6. The number of anilines is 1. The van der Waals surface area contributed by atoms with Crippen LogP contribution in [0.1, 0.15) is 64.6 Å². The van der Waals surface area contributed by atoms with E-state index in [-0.39, 0.29) is 72.5 Å². The van der Waals surface area contributed by atoms with Crippen LogP contribution in [-0.2, 0) is 45.4 Å². The summed E-state index contributed by atoms with van der Waals surface area (Å²) in [5, 5.41) is 13.1. The molecule has 2 aliphatic heterocycles. The number of likely N-dealkylation sites (tertiary alicyclic amines) is 1. The molecular weight excluding hydrogens is 1050 g/mol. The Morgan fingerprint density at radius 1 is 0.772 bits per heavy atom. The molecule has 4 heterocycles. The number of nitrogens with one attached hydrogen (secondary N) is 2. The number of sulfonamides is 1. The van der Waals surface area contributed by atoms with E-state index in [0.29, 0.717) is 50.5 Å². The number of nitrogens with zero attached hydrogens (tertiary/aromatic N) is 8. The van der Waals surface area contributed by atoms with E-state index in [0.717, 1.165) is 10.5 Å². The molecule has 0 aliphatic carbocycles. The smallest absolute Gasteiger partial charge is 0.410 e. The Morgan fingerprint density at radius 2 is 1.34 bits per heavy atom. The number of nitrogens with two attached hydrogens (primary N) is 1. The number of hydrogen-bond acceptors (Lipinski definition) is 15. The molecule has 10 rings (SSSR count). The highest BCUT2D eigenvalue weighted by Crippen LogP contribution is 2.43. The van der Waals surface area contributed by atoms with Gasteiger partial charge in [-0.1, -0.05) is 66.7 Å². The van der Waals surface area contributed by atoms with Gasteiger partial charge in [0.1, 0.15) is 38.7 Å². The average molecular weight is 1110 g/mol. The van der Waals surface area contributed by atoms with Crippen molar-refractivity contribution in [3.63, 3.8) is 0 Å². The number of H-pyrrole nitrogens is 1. The number of rotatable bonds is 18. The summed E-state index contributed by atoms with van der Waals surface area (Å²) in [6.45, 7) is 4.59. The zero-order valence-corrected chi connectivity index (χ0v) is 45.7. The summed E-state index contributed by atoms with van der Waals surface area (Å²) in [7, 11) is -2.67. The first-order chi connectivity index (χ1) is 37.9. The lowest BCUT2D eigenvalue weighted by molar-refractivity contribution is 0.0189. The molecule has 1 saturated heterocycles. The first-order valence-corrected chi connectivity index (χ1v) is 27.7. The fourth-order valence-corrected chi connectivity index (χ4v) is 13.1. The minimum Gasteiger partial charge on any atom is -0.497 e. The van der Waals surface area contributed by atoms with Gasteiger partial charge >= 0.3 is 6.09 Å². The molecule has 1 unspecified atom stereocenters. The van der Waals surface area contributed by atoms with Crippen molar-refractivity contribution in [1.29, 1.82) is 0 Å². The number of carbonyl (C=O) groups is 3. The number of fused-ring (bicyclic) bond motifs is 2. The van der Waals surface area contributed by atoms with Crippen LogP contribution < -0.4 is 24.7 Å². The first-order valence-electron chi connectivity index (χ1n) is 25.1. The summed E-state index contributed by atoms with van der Waals surface area (Å²) in [5.41, 5.74) is 9.53. The van der Waals surface area contributed by atoms with Crippen molar-refractivity contribution in [2.45, 2.75) is 74.3 Å². The molecule has 21 nitrogen and oxygen atoms in total. The number of carbonyl (C=O) groups excluding carboxylic acids is 3. The molecule has 0 bridgehead atoms. The van der Waals surface area contributed by atoms with Gasteiger partial charge < -0.3 is 34.6 Å². The Morgan fingerprint density at radius 3 is 1.91 bits per heavy atom. The van der Waals surface area contributed by atoms with Crippen LogP contribution in [0.2, 0.25) is 0 Å². The van der Waals surface area contributed by atoms with E-state index in [9.17, 15) is 14.4 Å². The lowest BCUT2D eigenvalue weighted by Gasteiger charge is -2.30. The van der Waals surface area contributed by atoms with Gasteiger partial charge in [-0.3, -0.25) is 14.5 Å². The number of tetrazole rings is 1. The van der Waals surface area contributed by atoms with Crippen LogP contribution in [0, 0.1) is 0 Å². The van der Waals surface area contributed by atoms with Crippen molar-refractivity contribution in [3.8, 4) is 39.8 Å². The molecule has 2 aromatic heterocycles. The minimum absolute atomic E-state index is 0.000000664. The lowest BCUT2D eigenvalue weighted by Crippen LogP contribution is -2.46. The van der Waals surface area contributed by atoms with Crippen molar-refractivity contribution in [1.82, 2.24) is 49.0 Å². The van der Waals surface area contributed by atoms with E-state index < -0.39 is 61.5 Å². The van der Waals surface area contributed by atoms with Crippen molar-refractivity contribution in [2.75, 3.05) is 40.2 Å². The predicted molar refractivity (Wildman–Crippen MR) is 294 cm³/mol. The molecular formula is C56H57N11O10S2. The Labute approximate surface area is 458 Å². The van der Waals surface area contributed by atoms with Crippen LogP contribution in [0.5, 0.6) is 17.2 Å². The molecule has 3 atom stereocenters. The Kier molecular flexibility index (Phi) is 15.1. The standard InChI is InChI=1S/C56H57N11O10S2/c1-56(2,3)77-55(70)65-32-37(28-38(65)33-66-52(68)44-10-7-8-11-45(44)53(66)69)61-78(71)47-27-26-42(43-12-9-13-46-49(43)59-54(57)58-46)48(51-60-62-63-67(51)31-36-18-24-41(76-6)25-19-36)50(47)79(72,73)64(29-34-14-20-39(74-4)21-15-34)30-35-16-22-40(75-5)23-17-35/h7-27,37-38,61H,28-33H2,1-6H3,(H3,57,58,59)/t37-,38+,78?/m1/s1. The molecule has 4 N–H and O–H groups in total. The third-order valence-corrected chi connectivity index (χ3v) is 16.9. The van der Waals surface area contributed by atoms with Gasteiger partial charge in [0.15, 0.2) is 11.8 Å². The van der Waals surface area contributed by atoms with Gasteiger partial charge in [0.2, 0.25) is 10.0 Å². The minimum atomic E-state index is -4.89. The second-order valence-electron chi connectivity index (χ2n) is 20.0. The number of nitrogen functional groups attached to an aromatic ring is 1. The molecule has 3 amide bonds. The third kappa shape index (κ3) is 11.1. The number of para-hydroxylation sites is 1. The third-order valence-electron chi connectivity index (χ3n) is 13.6. The molecule has 8 aromatic rings. The summed E-state index contributed by atoms with van der Waals surface area (Å²) < 4.78 is 77.0. The van der Waals surface area contributed by atoms with E-state index in [1.165, 1.54) is 34.2 Å². The lowest BCUT2D eigenvalue weighted by atomic mass is 9.97. The molecule has 23 heteroatoms. The Bertz CT molecular complexity index is 3650. The second-order valence-corrected chi connectivity index (χ2v) is 23.1. The van der Waals surface area contributed by atoms with Crippen LogP contribution in [0.25, 0.3) is 33.5 Å². The summed E-state index contributed by atoms with van der Waals surface area (Å²) in [6, 6.07) is 34.6. The van der Waals surface area contributed by atoms with E-state index in [1.54, 1.807) is 137 Å². The maximum atomic E-state index is 16.6. The van der Waals surface area contributed by atoms with Crippen molar-refractivity contribution in [2.24, 2.45) is 0 Å². The maximum Gasteiger partial charge on any atom is 0.410 e. The highest BCUT2D eigenvalue weighted by atomic mass is 32.2. The summed E-state index contributed by atoms with van der Waals surface area (Å²) in [6.07, 6.45) is -0.640. The highest BCUT2D eigenvalue weighted by molar-refractivity contribution is 7.90.